The van der Waals surface area contributed by atoms with Crippen LogP contribution in [0.5, 0.6) is 0 Å². The van der Waals surface area contributed by atoms with Crippen molar-refractivity contribution in [1.29, 1.82) is 0 Å². The van der Waals surface area contributed by atoms with Gasteiger partial charge in [-0.15, -0.1) is 0 Å². The van der Waals surface area contributed by atoms with E-state index in [0.29, 0.717) is 0 Å². The third-order valence-electron chi connectivity index (χ3n) is 6.65. The summed E-state index contributed by atoms with van der Waals surface area (Å²) in [6, 6.07) is 0. The number of aliphatic hydroxyl groups excluding tert-OH is 1. The Kier molecular flexibility index (Phi) is 12.4. The molecule has 0 aromatic carbocycles. The smallest absolute Gasteiger partial charge is 0.388 e. The summed E-state index contributed by atoms with van der Waals surface area (Å²) in [5.74, 6) is 0. The largest absolute Gasteiger partial charge is 0.426 e. The summed E-state index contributed by atoms with van der Waals surface area (Å²) in [7, 11) is 0. The molecule has 300 valence electrons. The van der Waals surface area contributed by atoms with E-state index in [-0.39, 0.29) is 0 Å². The number of alkyl halides is 24. The molecular weight excluding hydrogens is 792 g/mol. The van der Waals surface area contributed by atoms with Crippen molar-refractivity contribution in [3.05, 3.63) is 0 Å². The second-order valence-corrected chi connectivity index (χ2v) is 10.2. The molecule has 0 aromatic heterocycles. The molecule has 2 atom stereocenters. The Labute approximate surface area is 259 Å². The highest BCUT2D eigenvalue weighted by Gasteiger charge is 2.84. The van der Waals surface area contributed by atoms with Crippen LogP contribution in [0.1, 0.15) is 12.8 Å². The maximum Gasteiger partial charge on any atom is 0.426 e. The number of epoxide rings is 1. The van der Waals surface area contributed by atoms with Crippen molar-refractivity contribution in [2.75, 3.05) is 26.4 Å². The lowest BCUT2D eigenvalue weighted by molar-refractivity contribution is -0.438. The molecule has 1 aliphatic rings. The first-order valence-corrected chi connectivity index (χ1v) is 12.1. The van der Waals surface area contributed by atoms with Crippen LogP contribution >= 0.6 is 0 Å². The van der Waals surface area contributed by atoms with E-state index in [0.717, 1.165) is 0 Å². The number of hydrogen-bond acceptors (Lipinski definition) is 6. The van der Waals surface area contributed by atoms with Crippen molar-refractivity contribution < 1.29 is 135 Å². The highest BCUT2D eigenvalue weighted by Crippen LogP contribution is 2.59. The van der Waals surface area contributed by atoms with Gasteiger partial charge in [-0.1, -0.05) is 0 Å². The standard InChI is InChI=1S/C20H16F24O6/c21-13(22,23)9(46,14(24,25)26)5-10(15(27,28)29,16(30,31)32)48-1-7(45)2-49-11(17(33,34)35,18(36,37)38)6-12(19(39,40)41,20(42,43)44)50-4-8-3-47-8/h7-8,45-46H,1-6H2. The van der Waals surface area contributed by atoms with Gasteiger partial charge in [0, 0.05) is 12.8 Å². The summed E-state index contributed by atoms with van der Waals surface area (Å²) in [4.78, 5) is 0. The van der Waals surface area contributed by atoms with E-state index in [1.165, 1.54) is 0 Å². The molecule has 0 aromatic rings. The fourth-order valence-corrected chi connectivity index (χ4v) is 3.72. The summed E-state index contributed by atoms with van der Waals surface area (Å²) in [5.41, 5.74) is -27.4. The van der Waals surface area contributed by atoms with E-state index >= 15 is 0 Å². The normalized spacial score (nSPS) is 19.2. The first kappa shape index (κ1) is 46.1. The zero-order chi connectivity index (χ0) is 40.2. The summed E-state index contributed by atoms with van der Waals surface area (Å²) >= 11 is 0. The summed E-state index contributed by atoms with van der Waals surface area (Å²) < 4.78 is 338. The molecule has 1 fully saturated rings. The van der Waals surface area contributed by atoms with Gasteiger partial charge in [-0.05, 0) is 0 Å². The van der Waals surface area contributed by atoms with E-state index in [1.54, 1.807) is 0 Å². The molecule has 0 bridgehead atoms. The average molecular weight is 808 g/mol. The fourth-order valence-electron chi connectivity index (χ4n) is 3.72. The zero-order valence-electron chi connectivity index (χ0n) is 23.0. The third kappa shape index (κ3) is 8.81. The molecule has 2 unspecified atom stereocenters. The van der Waals surface area contributed by atoms with Gasteiger partial charge in [-0.2, -0.15) is 105 Å². The van der Waals surface area contributed by atoms with Crippen LogP contribution in [0.2, 0.25) is 0 Å². The highest BCUT2D eigenvalue weighted by atomic mass is 19.4. The quantitative estimate of drug-likeness (QED) is 0.154. The average Bonchev–Trinajstić information content (AvgIpc) is 3.64. The molecule has 0 radical (unpaired) electrons. The molecule has 0 amide bonds. The second kappa shape index (κ2) is 13.5. The molecule has 0 spiro atoms. The van der Waals surface area contributed by atoms with Gasteiger partial charge in [0.2, 0.25) is 0 Å². The number of ether oxygens (including phenoxy) is 4. The molecule has 1 rings (SSSR count). The molecule has 1 heterocycles. The predicted octanol–water partition coefficient (Wildman–Crippen LogP) is 7.02. The lowest BCUT2D eigenvalue weighted by atomic mass is 9.83. The minimum Gasteiger partial charge on any atom is -0.388 e. The predicted molar refractivity (Wildman–Crippen MR) is 104 cm³/mol. The first-order valence-electron chi connectivity index (χ1n) is 12.1. The molecular formula is C20H16F24O6. The molecule has 2 N–H and O–H groups in total. The van der Waals surface area contributed by atoms with Crippen LogP contribution in [0.15, 0.2) is 0 Å². The van der Waals surface area contributed by atoms with Crippen LogP contribution in [0.4, 0.5) is 105 Å². The van der Waals surface area contributed by atoms with Gasteiger partial charge < -0.3 is 29.2 Å². The van der Waals surface area contributed by atoms with Gasteiger partial charge in [0.25, 0.3) is 22.4 Å². The molecule has 1 saturated heterocycles. The Morgan fingerprint density at radius 1 is 0.460 bits per heavy atom. The van der Waals surface area contributed by atoms with Crippen LogP contribution in [0, 0.1) is 0 Å². The summed E-state index contributed by atoms with van der Waals surface area (Å²) in [6.07, 6.45) is -74.8. The Bertz CT molecular complexity index is 1060. The van der Waals surface area contributed by atoms with E-state index in [1.807, 2.05) is 0 Å². The van der Waals surface area contributed by atoms with Crippen molar-refractivity contribution in [3.63, 3.8) is 0 Å². The van der Waals surface area contributed by atoms with Crippen LogP contribution in [-0.2, 0) is 18.9 Å². The monoisotopic (exact) mass is 808 g/mol. The molecule has 6 nitrogen and oxygen atoms in total. The summed E-state index contributed by atoms with van der Waals surface area (Å²) in [6.45, 7) is -9.24. The Balaban J connectivity index is 3.74. The van der Waals surface area contributed by atoms with Gasteiger partial charge in [0.05, 0.1) is 26.4 Å². The minimum absolute atomic E-state index is 0.723. The van der Waals surface area contributed by atoms with E-state index in [9.17, 15) is 110 Å². The van der Waals surface area contributed by atoms with Crippen molar-refractivity contribution >= 4 is 0 Å². The van der Waals surface area contributed by atoms with E-state index in [4.69, 9.17) is 5.11 Å². The molecule has 30 heteroatoms. The van der Waals surface area contributed by atoms with Crippen molar-refractivity contribution in [1.82, 2.24) is 0 Å². The SMILES string of the molecule is OC(COC(CC(O)(C(F)(F)F)C(F)(F)F)(C(F)(F)F)C(F)(F)F)COC(CC(OCC1CO1)(C(F)(F)F)C(F)(F)F)(C(F)(F)F)C(F)(F)F. The van der Waals surface area contributed by atoms with Crippen molar-refractivity contribution in [3.8, 4) is 0 Å². The summed E-state index contributed by atoms with van der Waals surface area (Å²) in [5, 5.41) is 18.5. The molecule has 0 saturated carbocycles. The highest BCUT2D eigenvalue weighted by molar-refractivity contribution is 5.09. The van der Waals surface area contributed by atoms with Crippen molar-refractivity contribution in [2.45, 2.75) is 96.9 Å². The van der Waals surface area contributed by atoms with Crippen LogP contribution in [0.3, 0.4) is 0 Å². The van der Waals surface area contributed by atoms with Crippen LogP contribution in [0.25, 0.3) is 0 Å². The molecule has 0 aliphatic carbocycles. The lowest BCUT2D eigenvalue weighted by Crippen LogP contribution is -2.70. The van der Waals surface area contributed by atoms with Crippen LogP contribution in [-0.4, -0.2) is 121 Å². The van der Waals surface area contributed by atoms with Gasteiger partial charge in [-0.3, -0.25) is 0 Å². The van der Waals surface area contributed by atoms with Gasteiger partial charge in [0.15, 0.2) is 0 Å². The van der Waals surface area contributed by atoms with E-state index in [2.05, 4.69) is 18.9 Å². The van der Waals surface area contributed by atoms with E-state index < -0.39 is 123 Å². The molecule has 1 aliphatic heterocycles. The van der Waals surface area contributed by atoms with Gasteiger partial charge >= 0.3 is 49.4 Å². The first-order chi connectivity index (χ1) is 21.6. The molecule has 50 heavy (non-hydrogen) atoms. The van der Waals surface area contributed by atoms with Crippen molar-refractivity contribution in [2.24, 2.45) is 0 Å². The fraction of sp³-hybridized carbons (Fsp3) is 1.00. The number of hydrogen-bond donors (Lipinski definition) is 2. The maximum absolute atomic E-state index is 13.8. The number of aliphatic hydroxyl groups is 2. The zero-order valence-corrected chi connectivity index (χ0v) is 23.0. The lowest BCUT2D eigenvalue weighted by Gasteiger charge is -2.45. The maximum atomic E-state index is 13.8. The topological polar surface area (TPSA) is 80.7 Å². The number of rotatable bonds is 13. The Morgan fingerprint density at radius 2 is 0.720 bits per heavy atom. The number of halogens is 24. The Hall–Kier alpha value is -1.92. The second-order valence-electron chi connectivity index (χ2n) is 10.2. The minimum atomic E-state index is -7.60. The Morgan fingerprint density at radius 3 is 0.960 bits per heavy atom. The van der Waals surface area contributed by atoms with Gasteiger partial charge in [0.1, 0.15) is 12.2 Å². The third-order valence-corrected chi connectivity index (χ3v) is 6.65. The van der Waals surface area contributed by atoms with Gasteiger partial charge in [-0.25, -0.2) is 0 Å². The van der Waals surface area contributed by atoms with Crippen LogP contribution < -0.4 is 0 Å².